The summed E-state index contributed by atoms with van der Waals surface area (Å²) in [5.74, 6) is -1.25. The standard InChI is InChI=1S/C26H19BrClFN2O5/c1-2-35-22-13-16(12-21(27)23(22)36-14-15-4-3-5-18(29)10-15)11-20-24(32)30-26(34)31(25(20)33)19-8-6-17(28)7-9-19/h3-13H,2,14H2,1H3,(H,30,32,34)/b20-11+. The maximum atomic E-state index is 13.5. The molecule has 0 atom stereocenters. The highest BCUT2D eigenvalue weighted by Gasteiger charge is 2.36. The number of carbonyl (C=O) groups excluding carboxylic acids is 3. The summed E-state index contributed by atoms with van der Waals surface area (Å²) in [5, 5.41) is 2.61. The van der Waals surface area contributed by atoms with E-state index in [2.05, 4.69) is 21.2 Å². The molecule has 0 radical (unpaired) electrons. The third-order valence-corrected chi connectivity index (χ3v) is 5.94. The van der Waals surface area contributed by atoms with Crippen molar-refractivity contribution in [2.75, 3.05) is 11.5 Å². The molecule has 1 heterocycles. The second kappa shape index (κ2) is 10.9. The minimum atomic E-state index is -0.859. The lowest BCUT2D eigenvalue weighted by atomic mass is 10.1. The van der Waals surface area contributed by atoms with E-state index in [4.69, 9.17) is 21.1 Å². The lowest BCUT2D eigenvalue weighted by Gasteiger charge is -2.26. The van der Waals surface area contributed by atoms with Crippen molar-refractivity contribution in [3.63, 3.8) is 0 Å². The fourth-order valence-electron chi connectivity index (χ4n) is 3.51. The zero-order valence-corrected chi connectivity index (χ0v) is 21.2. The smallest absolute Gasteiger partial charge is 0.335 e. The molecule has 1 aliphatic heterocycles. The molecule has 0 spiro atoms. The molecule has 4 amide bonds. The highest BCUT2D eigenvalue weighted by Crippen LogP contribution is 2.38. The SMILES string of the molecule is CCOc1cc(/C=C2\C(=O)NC(=O)N(c3ccc(Cl)cc3)C2=O)cc(Br)c1OCc1cccc(F)c1. The molecule has 3 aromatic rings. The normalized spacial score (nSPS) is 14.7. The minimum Gasteiger partial charge on any atom is -0.490 e. The summed E-state index contributed by atoms with van der Waals surface area (Å²) in [7, 11) is 0. The number of benzene rings is 3. The van der Waals surface area contributed by atoms with Crippen LogP contribution < -0.4 is 19.7 Å². The zero-order chi connectivity index (χ0) is 25.8. The number of nitrogens with one attached hydrogen (secondary N) is 1. The average molecular weight is 574 g/mol. The van der Waals surface area contributed by atoms with Crippen molar-refractivity contribution in [1.82, 2.24) is 5.32 Å². The number of hydrogen-bond acceptors (Lipinski definition) is 5. The van der Waals surface area contributed by atoms with Crippen molar-refractivity contribution in [2.45, 2.75) is 13.5 Å². The van der Waals surface area contributed by atoms with E-state index in [9.17, 15) is 18.8 Å². The Hall–Kier alpha value is -3.69. The van der Waals surface area contributed by atoms with Crippen LogP contribution in [0.15, 0.2) is 70.7 Å². The van der Waals surface area contributed by atoms with Gasteiger partial charge in [-0.15, -0.1) is 0 Å². The fraction of sp³-hybridized carbons (Fsp3) is 0.115. The molecule has 1 saturated heterocycles. The van der Waals surface area contributed by atoms with Gasteiger partial charge >= 0.3 is 6.03 Å². The summed E-state index contributed by atoms with van der Waals surface area (Å²) >= 11 is 9.35. The number of halogens is 3. The van der Waals surface area contributed by atoms with Crippen molar-refractivity contribution >= 4 is 57.1 Å². The monoisotopic (exact) mass is 572 g/mol. The Bertz CT molecular complexity index is 1380. The van der Waals surface area contributed by atoms with Gasteiger partial charge in [0.1, 0.15) is 18.0 Å². The van der Waals surface area contributed by atoms with Crippen LogP contribution in [-0.4, -0.2) is 24.5 Å². The van der Waals surface area contributed by atoms with Gasteiger partial charge in [-0.25, -0.2) is 14.1 Å². The van der Waals surface area contributed by atoms with E-state index in [1.54, 1.807) is 31.2 Å². The molecule has 184 valence electrons. The third kappa shape index (κ3) is 5.58. The maximum Gasteiger partial charge on any atom is 0.335 e. The summed E-state index contributed by atoms with van der Waals surface area (Å²) in [6.07, 6.45) is 1.36. The van der Waals surface area contributed by atoms with E-state index in [1.807, 2.05) is 0 Å². The highest BCUT2D eigenvalue weighted by atomic mass is 79.9. The Balaban J connectivity index is 1.65. The van der Waals surface area contributed by atoms with Crippen LogP contribution >= 0.6 is 27.5 Å². The molecule has 0 unspecified atom stereocenters. The predicted octanol–water partition coefficient (Wildman–Crippen LogP) is 5.89. The molecular weight excluding hydrogens is 555 g/mol. The molecule has 3 aromatic carbocycles. The Morgan fingerprint density at radius 1 is 1.06 bits per heavy atom. The Morgan fingerprint density at radius 3 is 2.50 bits per heavy atom. The first-order valence-electron chi connectivity index (χ1n) is 10.8. The predicted molar refractivity (Wildman–Crippen MR) is 136 cm³/mol. The Morgan fingerprint density at radius 2 is 1.81 bits per heavy atom. The number of ether oxygens (including phenoxy) is 2. The molecule has 0 aromatic heterocycles. The number of urea groups is 1. The van der Waals surface area contributed by atoms with Gasteiger partial charge in [0.25, 0.3) is 11.8 Å². The van der Waals surface area contributed by atoms with E-state index >= 15 is 0 Å². The lowest BCUT2D eigenvalue weighted by Crippen LogP contribution is -2.54. The molecule has 1 aliphatic rings. The number of anilines is 1. The molecule has 10 heteroatoms. The van der Waals surface area contributed by atoms with Gasteiger partial charge in [0.15, 0.2) is 11.5 Å². The van der Waals surface area contributed by atoms with E-state index in [1.165, 1.54) is 42.5 Å². The highest BCUT2D eigenvalue weighted by molar-refractivity contribution is 9.10. The van der Waals surface area contributed by atoms with Crippen LogP contribution in [0.4, 0.5) is 14.9 Å². The van der Waals surface area contributed by atoms with Crippen LogP contribution in [0.3, 0.4) is 0 Å². The molecule has 1 N–H and O–H groups in total. The van der Waals surface area contributed by atoms with Crippen LogP contribution in [0.1, 0.15) is 18.1 Å². The van der Waals surface area contributed by atoms with Gasteiger partial charge in [0.2, 0.25) is 0 Å². The van der Waals surface area contributed by atoms with Gasteiger partial charge < -0.3 is 9.47 Å². The van der Waals surface area contributed by atoms with E-state index in [0.717, 1.165) is 4.90 Å². The molecule has 0 saturated carbocycles. The molecular formula is C26H19BrClFN2O5. The minimum absolute atomic E-state index is 0.0932. The second-order valence-electron chi connectivity index (χ2n) is 7.62. The lowest BCUT2D eigenvalue weighted by molar-refractivity contribution is -0.122. The summed E-state index contributed by atoms with van der Waals surface area (Å²) in [6, 6.07) is 14.5. The van der Waals surface area contributed by atoms with E-state index in [-0.39, 0.29) is 23.7 Å². The van der Waals surface area contributed by atoms with Crippen LogP contribution in [0.25, 0.3) is 6.08 Å². The first-order chi connectivity index (χ1) is 17.3. The van der Waals surface area contributed by atoms with Crippen LogP contribution in [-0.2, 0) is 16.2 Å². The summed E-state index contributed by atoms with van der Waals surface area (Å²) in [5.41, 5.74) is 1.10. The van der Waals surface area contributed by atoms with Crippen molar-refractivity contribution in [1.29, 1.82) is 0 Å². The maximum absolute atomic E-state index is 13.5. The number of hydrogen-bond donors (Lipinski definition) is 1. The molecule has 36 heavy (non-hydrogen) atoms. The largest absolute Gasteiger partial charge is 0.490 e. The van der Waals surface area contributed by atoms with Crippen molar-refractivity contribution in [3.05, 3.63) is 92.7 Å². The number of rotatable bonds is 7. The number of nitrogens with zero attached hydrogens (tertiary/aromatic N) is 1. The van der Waals surface area contributed by atoms with Gasteiger partial charge in [-0.2, -0.15) is 0 Å². The van der Waals surface area contributed by atoms with E-state index < -0.39 is 17.8 Å². The molecule has 0 bridgehead atoms. The Labute approximate surface area is 219 Å². The number of carbonyl (C=O) groups is 3. The molecule has 1 fully saturated rings. The first kappa shape index (κ1) is 25.4. The summed E-state index contributed by atoms with van der Waals surface area (Å²) in [4.78, 5) is 38.9. The molecule has 0 aliphatic carbocycles. The topological polar surface area (TPSA) is 84.9 Å². The summed E-state index contributed by atoms with van der Waals surface area (Å²) < 4.78 is 25.6. The van der Waals surface area contributed by atoms with Crippen molar-refractivity contribution < 1.29 is 28.2 Å². The number of amides is 4. The zero-order valence-electron chi connectivity index (χ0n) is 18.9. The second-order valence-corrected chi connectivity index (χ2v) is 8.91. The van der Waals surface area contributed by atoms with E-state index in [0.29, 0.717) is 38.7 Å². The average Bonchev–Trinajstić information content (AvgIpc) is 2.82. The number of barbiturate groups is 1. The molecule has 4 rings (SSSR count). The quantitative estimate of drug-likeness (QED) is 0.282. The summed E-state index contributed by atoms with van der Waals surface area (Å²) in [6.45, 7) is 2.21. The molecule has 7 nitrogen and oxygen atoms in total. The van der Waals surface area contributed by atoms with Gasteiger partial charge in [0.05, 0.1) is 16.8 Å². The first-order valence-corrected chi connectivity index (χ1v) is 11.9. The fourth-order valence-corrected chi connectivity index (χ4v) is 4.21. The van der Waals surface area contributed by atoms with Gasteiger partial charge in [-0.3, -0.25) is 14.9 Å². The van der Waals surface area contributed by atoms with Crippen LogP contribution in [0.2, 0.25) is 5.02 Å². The third-order valence-electron chi connectivity index (χ3n) is 5.10. The van der Waals surface area contributed by atoms with Crippen LogP contribution in [0, 0.1) is 5.82 Å². The van der Waals surface area contributed by atoms with Gasteiger partial charge in [-0.05, 0) is 88.6 Å². The van der Waals surface area contributed by atoms with Crippen LogP contribution in [0.5, 0.6) is 11.5 Å². The van der Waals surface area contributed by atoms with Crippen molar-refractivity contribution in [3.8, 4) is 11.5 Å². The van der Waals surface area contributed by atoms with Gasteiger partial charge in [-0.1, -0.05) is 23.7 Å². The van der Waals surface area contributed by atoms with Crippen molar-refractivity contribution in [2.24, 2.45) is 0 Å². The number of imide groups is 2. The Kier molecular flexibility index (Phi) is 7.71. The van der Waals surface area contributed by atoms with Gasteiger partial charge in [0, 0.05) is 5.02 Å².